The minimum Gasteiger partial charge on any atom is -0.479 e. The standard InChI is InChI=1S/C6H10O7/c7-1-2(8)4(5(10)11)13-6(12)3(1)9/h1-4,6-9,12H,(H,10,11)/t1-,2-,3+,4+,6-/m1/s1. The van der Waals surface area contributed by atoms with Crippen molar-refractivity contribution in [1.82, 2.24) is 0 Å². The number of carboxylic acids is 1. The van der Waals surface area contributed by atoms with Crippen molar-refractivity contribution >= 4 is 5.97 Å². The first-order chi connectivity index (χ1) is 5.95. The summed E-state index contributed by atoms with van der Waals surface area (Å²) in [6.07, 6.45) is -8.72. The summed E-state index contributed by atoms with van der Waals surface area (Å²) in [6.45, 7) is 0. The maximum atomic E-state index is 10.4. The molecule has 76 valence electrons. The van der Waals surface area contributed by atoms with Gasteiger partial charge in [0.05, 0.1) is 0 Å². The topological polar surface area (TPSA) is 127 Å². The van der Waals surface area contributed by atoms with Crippen LogP contribution in [0.2, 0.25) is 0 Å². The van der Waals surface area contributed by atoms with E-state index >= 15 is 0 Å². The van der Waals surface area contributed by atoms with Crippen LogP contribution in [-0.4, -0.2) is 62.2 Å². The van der Waals surface area contributed by atoms with Gasteiger partial charge in [-0.25, -0.2) is 4.79 Å². The molecule has 1 aliphatic heterocycles. The third kappa shape index (κ3) is 1.79. The molecule has 1 heterocycles. The summed E-state index contributed by atoms with van der Waals surface area (Å²) in [6, 6.07) is 0. The lowest BCUT2D eigenvalue weighted by atomic mass is 9.99. The summed E-state index contributed by atoms with van der Waals surface area (Å²) < 4.78 is 4.34. The van der Waals surface area contributed by atoms with Gasteiger partial charge in [-0.1, -0.05) is 0 Å². The van der Waals surface area contributed by atoms with E-state index in [1.54, 1.807) is 0 Å². The predicted octanol–water partition coefficient (Wildman–Crippen LogP) is -3.13. The van der Waals surface area contributed by atoms with Crippen molar-refractivity contribution in [2.24, 2.45) is 0 Å². The number of rotatable bonds is 1. The van der Waals surface area contributed by atoms with E-state index in [0.29, 0.717) is 0 Å². The van der Waals surface area contributed by atoms with Gasteiger partial charge in [-0.15, -0.1) is 0 Å². The summed E-state index contributed by atoms with van der Waals surface area (Å²) in [7, 11) is 0. The van der Waals surface area contributed by atoms with Gasteiger partial charge >= 0.3 is 5.97 Å². The molecule has 0 amide bonds. The molecule has 5 atom stereocenters. The molecule has 1 saturated heterocycles. The molecule has 0 aromatic rings. The van der Waals surface area contributed by atoms with Crippen molar-refractivity contribution in [1.29, 1.82) is 0 Å². The number of aliphatic hydroxyl groups is 4. The molecule has 0 aliphatic carbocycles. The Hall–Kier alpha value is -0.730. The molecule has 0 unspecified atom stereocenters. The number of aliphatic carboxylic acids is 1. The van der Waals surface area contributed by atoms with Crippen LogP contribution in [-0.2, 0) is 9.53 Å². The molecule has 1 fully saturated rings. The molecule has 7 heteroatoms. The fourth-order valence-corrected chi connectivity index (χ4v) is 1.07. The zero-order valence-electron chi connectivity index (χ0n) is 6.44. The first kappa shape index (κ1) is 10.4. The summed E-state index contributed by atoms with van der Waals surface area (Å²) >= 11 is 0. The molecule has 7 nitrogen and oxygen atoms in total. The van der Waals surface area contributed by atoms with Crippen LogP contribution in [0.5, 0.6) is 0 Å². The van der Waals surface area contributed by atoms with E-state index in [2.05, 4.69) is 4.74 Å². The van der Waals surface area contributed by atoms with Crippen molar-refractivity contribution in [2.75, 3.05) is 0 Å². The van der Waals surface area contributed by atoms with Crippen LogP contribution in [0.4, 0.5) is 0 Å². The number of hydrogen-bond acceptors (Lipinski definition) is 6. The largest absolute Gasteiger partial charge is 0.479 e. The van der Waals surface area contributed by atoms with Crippen LogP contribution in [0, 0.1) is 0 Å². The number of carbonyl (C=O) groups is 1. The van der Waals surface area contributed by atoms with E-state index in [9.17, 15) is 4.79 Å². The van der Waals surface area contributed by atoms with Crippen molar-refractivity contribution in [2.45, 2.75) is 30.7 Å². The van der Waals surface area contributed by atoms with Crippen molar-refractivity contribution in [3.05, 3.63) is 0 Å². The lowest BCUT2D eigenvalue weighted by Crippen LogP contribution is -2.59. The minimum absolute atomic E-state index is 1.52. The van der Waals surface area contributed by atoms with Crippen LogP contribution >= 0.6 is 0 Å². The van der Waals surface area contributed by atoms with Crippen LogP contribution < -0.4 is 0 Å². The SMILES string of the molecule is O=C(O)[C@H]1O[C@@H](O)[C@@H](O)[C@H](O)[C@H]1O. The van der Waals surface area contributed by atoms with Gasteiger partial charge in [0.1, 0.15) is 18.3 Å². The van der Waals surface area contributed by atoms with Crippen molar-refractivity contribution in [3.63, 3.8) is 0 Å². The molecule has 5 N–H and O–H groups in total. The quantitative estimate of drug-likeness (QED) is 0.298. The highest BCUT2D eigenvalue weighted by atomic mass is 16.6. The van der Waals surface area contributed by atoms with E-state index in [1.807, 2.05) is 0 Å². The predicted molar refractivity (Wildman–Crippen MR) is 36.5 cm³/mol. The Morgan fingerprint density at radius 3 is 2.00 bits per heavy atom. The first-order valence-electron chi connectivity index (χ1n) is 3.55. The van der Waals surface area contributed by atoms with Gasteiger partial charge in [-0.2, -0.15) is 0 Å². The monoisotopic (exact) mass is 194 g/mol. The fraction of sp³-hybridized carbons (Fsp3) is 0.833. The average Bonchev–Trinajstić information content (AvgIpc) is 2.07. The second-order valence-corrected chi connectivity index (χ2v) is 2.76. The number of aliphatic hydroxyl groups excluding tert-OH is 4. The van der Waals surface area contributed by atoms with E-state index in [-0.39, 0.29) is 0 Å². The average molecular weight is 194 g/mol. The summed E-state index contributed by atoms with van der Waals surface area (Å²) in [4.78, 5) is 10.4. The third-order valence-electron chi connectivity index (χ3n) is 1.83. The highest BCUT2D eigenvalue weighted by molar-refractivity contribution is 5.73. The summed E-state index contributed by atoms with van der Waals surface area (Å²) in [5.41, 5.74) is 0. The van der Waals surface area contributed by atoms with Gasteiger partial charge in [0.25, 0.3) is 0 Å². The van der Waals surface area contributed by atoms with Crippen molar-refractivity contribution in [3.8, 4) is 0 Å². The van der Waals surface area contributed by atoms with Gasteiger partial charge in [-0.05, 0) is 0 Å². The highest BCUT2D eigenvalue weighted by Crippen LogP contribution is 2.19. The number of carboxylic acid groups (broad SMARTS) is 1. The summed E-state index contributed by atoms with van der Waals surface area (Å²) in [5.74, 6) is -1.52. The lowest BCUT2D eigenvalue weighted by molar-refractivity contribution is -0.279. The maximum Gasteiger partial charge on any atom is 0.335 e. The third-order valence-corrected chi connectivity index (χ3v) is 1.83. The van der Waals surface area contributed by atoms with Gasteiger partial charge in [0.2, 0.25) is 0 Å². The molecule has 0 bridgehead atoms. The first-order valence-corrected chi connectivity index (χ1v) is 3.55. The highest BCUT2D eigenvalue weighted by Gasteiger charge is 2.46. The molecule has 0 aromatic carbocycles. The Morgan fingerprint density at radius 1 is 1.00 bits per heavy atom. The van der Waals surface area contributed by atoms with E-state index < -0.39 is 36.7 Å². The second-order valence-electron chi connectivity index (χ2n) is 2.76. The number of ether oxygens (including phenoxy) is 1. The smallest absolute Gasteiger partial charge is 0.335 e. The van der Waals surface area contributed by atoms with Gasteiger partial charge in [0.15, 0.2) is 12.4 Å². The van der Waals surface area contributed by atoms with E-state index in [1.165, 1.54) is 0 Å². The summed E-state index contributed by atoms with van der Waals surface area (Å²) in [5, 5.41) is 44.4. The maximum absolute atomic E-state index is 10.4. The molecule has 0 saturated carbocycles. The number of hydrogen-bond donors (Lipinski definition) is 5. The molecule has 0 aromatic heterocycles. The molecular weight excluding hydrogens is 184 g/mol. The van der Waals surface area contributed by atoms with Gasteiger partial charge < -0.3 is 30.3 Å². The zero-order chi connectivity index (χ0) is 10.2. The molecule has 0 spiro atoms. The molecule has 13 heavy (non-hydrogen) atoms. The Balaban J connectivity index is 2.76. The normalized spacial score (nSPS) is 46.0. The zero-order valence-corrected chi connectivity index (χ0v) is 6.44. The molecule has 1 aliphatic rings. The molecule has 0 radical (unpaired) electrons. The van der Waals surface area contributed by atoms with Gasteiger partial charge in [0, 0.05) is 0 Å². The van der Waals surface area contributed by atoms with Crippen LogP contribution in [0.25, 0.3) is 0 Å². The molecule has 1 rings (SSSR count). The molecular formula is C6H10O7. The van der Waals surface area contributed by atoms with Crippen LogP contribution in [0.1, 0.15) is 0 Å². The fourth-order valence-electron chi connectivity index (χ4n) is 1.07. The lowest BCUT2D eigenvalue weighted by Gasteiger charge is -2.36. The van der Waals surface area contributed by atoms with Gasteiger partial charge in [-0.3, -0.25) is 0 Å². The van der Waals surface area contributed by atoms with Crippen LogP contribution in [0.15, 0.2) is 0 Å². The minimum atomic E-state index is -1.81. The Labute approximate surface area is 72.8 Å². The van der Waals surface area contributed by atoms with E-state index in [0.717, 1.165) is 0 Å². The van der Waals surface area contributed by atoms with E-state index in [4.69, 9.17) is 25.5 Å². The Kier molecular flexibility index (Phi) is 2.84. The van der Waals surface area contributed by atoms with Crippen molar-refractivity contribution < 1.29 is 35.1 Å². The Morgan fingerprint density at radius 2 is 1.54 bits per heavy atom. The Bertz CT molecular complexity index is 205. The van der Waals surface area contributed by atoms with Crippen LogP contribution in [0.3, 0.4) is 0 Å². The second kappa shape index (κ2) is 3.56.